The third-order valence-electron chi connectivity index (χ3n) is 3.96. The van der Waals surface area contributed by atoms with E-state index >= 15 is 0 Å². The molecule has 23 heavy (non-hydrogen) atoms. The number of non-ortho nitro benzene ring substituents is 1. The zero-order chi connectivity index (χ0) is 16.4. The number of nitro benzene ring substituents is 1. The lowest BCUT2D eigenvalue weighted by molar-refractivity contribution is -0.384. The number of anilines is 2. The Morgan fingerprint density at radius 1 is 1.00 bits per heavy atom. The molecular formula is C16H15ClFN3O2. The minimum absolute atomic E-state index is 0.0243. The average molecular weight is 336 g/mol. The van der Waals surface area contributed by atoms with E-state index in [0.29, 0.717) is 36.9 Å². The molecule has 2 aromatic carbocycles. The molecule has 0 spiro atoms. The van der Waals surface area contributed by atoms with E-state index in [4.69, 9.17) is 11.6 Å². The molecule has 0 amide bonds. The summed E-state index contributed by atoms with van der Waals surface area (Å²) in [5.41, 5.74) is 1.34. The fourth-order valence-corrected chi connectivity index (χ4v) is 3.06. The van der Waals surface area contributed by atoms with E-state index in [1.165, 1.54) is 18.2 Å². The molecule has 2 aromatic rings. The van der Waals surface area contributed by atoms with Crippen molar-refractivity contribution >= 4 is 28.7 Å². The highest BCUT2D eigenvalue weighted by molar-refractivity contribution is 6.33. The molecule has 0 atom stereocenters. The number of halogens is 2. The lowest BCUT2D eigenvalue weighted by atomic mass is 10.2. The van der Waals surface area contributed by atoms with Crippen molar-refractivity contribution in [2.24, 2.45) is 0 Å². The fraction of sp³-hybridized carbons (Fsp3) is 0.250. The predicted octanol–water partition coefficient (Wildman–Crippen LogP) is 3.71. The van der Waals surface area contributed by atoms with Gasteiger partial charge in [-0.15, -0.1) is 0 Å². The molecule has 1 aliphatic rings. The Morgan fingerprint density at radius 2 is 1.61 bits per heavy atom. The first-order chi connectivity index (χ1) is 11.1. The molecule has 5 nitrogen and oxygen atoms in total. The summed E-state index contributed by atoms with van der Waals surface area (Å²) in [6, 6.07) is 11.2. The van der Waals surface area contributed by atoms with Crippen molar-refractivity contribution in [3.63, 3.8) is 0 Å². The summed E-state index contributed by atoms with van der Waals surface area (Å²) in [4.78, 5) is 14.3. The van der Waals surface area contributed by atoms with Crippen LogP contribution in [0.25, 0.3) is 0 Å². The number of rotatable bonds is 3. The van der Waals surface area contributed by atoms with Gasteiger partial charge in [-0.1, -0.05) is 23.7 Å². The number of para-hydroxylation sites is 1. The van der Waals surface area contributed by atoms with E-state index < -0.39 is 4.92 Å². The summed E-state index contributed by atoms with van der Waals surface area (Å²) < 4.78 is 13.8. The van der Waals surface area contributed by atoms with Gasteiger partial charge in [0.05, 0.1) is 21.3 Å². The van der Waals surface area contributed by atoms with Gasteiger partial charge >= 0.3 is 0 Å². The first-order valence-electron chi connectivity index (χ1n) is 7.24. The van der Waals surface area contributed by atoms with Gasteiger partial charge < -0.3 is 9.80 Å². The second kappa shape index (κ2) is 6.42. The summed E-state index contributed by atoms with van der Waals surface area (Å²) in [6.45, 7) is 2.67. The van der Waals surface area contributed by atoms with Crippen molar-refractivity contribution in [2.75, 3.05) is 36.0 Å². The van der Waals surface area contributed by atoms with Gasteiger partial charge in [0.1, 0.15) is 5.82 Å². The molecular weight excluding hydrogens is 321 g/mol. The predicted molar refractivity (Wildman–Crippen MR) is 88.9 cm³/mol. The molecule has 1 heterocycles. The zero-order valence-corrected chi connectivity index (χ0v) is 13.0. The summed E-state index contributed by atoms with van der Waals surface area (Å²) in [6.07, 6.45) is 0. The number of piperazine rings is 1. The van der Waals surface area contributed by atoms with Crippen LogP contribution in [0.3, 0.4) is 0 Å². The maximum atomic E-state index is 13.8. The molecule has 0 aromatic heterocycles. The average Bonchev–Trinajstić information content (AvgIpc) is 2.55. The Kier molecular flexibility index (Phi) is 4.34. The molecule has 0 saturated carbocycles. The minimum atomic E-state index is -0.466. The SMILES string of the molecule is O=[N+]([O-])c1ccc(N2CCN(c3ccccc3F)CC2)c(Cl)c1. The lowest BCUT2D eigenvalue weighted by Crippen LogP contribution is -2.46. The van der Waals surface area contributed by atoms with Crippen molar-refractivity contribution < 1.29 is 9.31 Å². The first-order valence-corrected chi connectivity index (χ1v) is 7.62. The van der Waals surface area contributed by atoms with Gasteiger partial charge in [0, 0.05) is 38.3 Å². The summed E-state index contributed by atoms with van der Waals surface area (Å²) in [5, 5.41) is 11.1. The van der Waals surface area contributed by atoms with Crippen LogP contribution >= 0.6 is 11.6 Å². The van der Waals surface area contributed by atoms with Gasteiger partial charge in [0.25, 0.3) is 5.69 Å². The number of benzene rings is 2. The quantitative estimate of drug-likeness (QED) is 0.633. The molecule has 0 aliphatic carbocycles. The van der Waals surface area contributed by atoms with E-state index in [0.717, 1.165) is 5.69 Å². The second-order valence-electron chi connectivity index (χ2n) is 5.32. The highest BCUT2D eigenvalue weighted by Gasteiger charge is 2.21. The molecule has 0 unspecified atom stereocenters. The van der Waals surface area contributed by atoms with Gasteiger partial charge in [0.2, 0.25) is 0 Å². The van der Waals surface area contributed by atoms with Crippen LogP contribution in [0.4, 0.5) is 21.5 Å². The van der Waals surface area contributed by atoms with Crippen molar-refractivity contribution in [1.82, 2.24) is 0 Å². The Hall–Kier alpha value is -2.34. The van der Waals surface area contributed by atoms with Crippen LogP contribution in [0.5, 0.6) is 0 Å². The van der Waals surface area contributed by atoms with Crippen LogP contribution in [0, 0.1) is 15.9 Å². The van der Waals surface area contributed by atoms with Crippen LogP contribution < -0.4 is 9.80 Å². The lowest BCUT2D eigenvalue weighted by Gasteiger charge is -2.37. The molecule has 0 radical (unpaired) electrons. The summed E-state index contributed by atoms with van der Waals surface area (Å²) in [7, 11) is 0. The minimum Gasteiger partial charge on any atom is -0.367 e. The monoisotopic (exact) mass is 335 g/mol. The van der Waals surface area contributed by atoms with E-state index in [9.17, 15) is 14.5 Å². The summed E-state index contributed by atoms with van der Waals surface area (Å²) >= 11 is 6.17. The van der Waals surface area contributed by atoms with Crippen LogP contribution in [0.1, 0.15) is 0 Å². The van der Waals surface area contributed by atoms with E-state index in [2.05, 4.69) is 4.90 Å². The molecule has 120 valence electrons. The van der Waals surface area contributed by atoms with Gasteiger partial charge in [-0.2, -0.15) is 0 Å². The fourth-order valence-electron chi connectivity index (χ4n) is 2.76. The van der Waals surface area contributed by atoms with Gasteiger partial charge in [0.15, 0.2) is 0 Å². The molecule has 1 aliphatic heterocycles. The highest BCUT2D eigenvalue weighted by Crippen LogP contribution is 2.31. The third kappa shape index (κ3) is 3.22. The molecule has 0 N–H and O–H groups in total. The Morgan fingerprint density at radius 3 is 2.17 bits per heavy atom. The van der Waals surface area contributed by atoms with Crippen LogP contribution in [-0.4, -0.2) is 31.1 Å². The summed E-state index contributed by atoms with van der Waals surface area (Å²) in [5.74, 6) is -0.227. The number of hydrogen-bond acceptors (Lipinski definition) is 4. The maximum absolute atomic E-state index is 13.8. The third-order valence-corrected chi connectivity index (χ3v) is 4.26. The van der Waals surface area contributed by atoms with Crippen molar-refractivity contribution in [1.29, 1.82) is 0 Å². The largest absolute Gasteiger partial charge is 0.367 e. The standard InChI is InChI=1S/C16H15ClFN3O2/c17-13-11-12(21(22)23)5-6-15(13)19-7-9-20(10-8-19)16-4-2-1-3-14(16)18/h1-6,11H,7-10H2. The van der Waals surface area contributed by atoms with Gasteiger partial charge in [-0.05, 0) is 18.2 Å². The molecule has 3 rings (SSSR count). The topological polar surface area (TPSA) is 49.6 Å². The smallest absolute Gasteiger partial charge is 0.271 e. The molecule has 1 saturated heterocycles. The van der Waals surface area contributed by atoms with Gasteiger partial charge in [-0.3, -0.25) is 10.1 Å². The molecule has 7 heteroatoms. The van der Waals surface area contributed by atoms with E-state index in [1.54, 1.807) is 18.2 Å². The molecule has 1 fully saturated rings. The zero-order valence-electron chi connectivity index (χ0n) is 12.3. The maximum Gasteiger partial charge on any atom is 0.271 e. The highest BCUT2D eigenvalue weighted by atomic mass is 35.5. The van der Waals surface area contributed by atoms with Crippen molar-refractivity contribution in [3.8, 4) is 0 Å². The Bertz CT molecular complexity index is 733. The van der Waals surface area contributed by atoms with E-state index in [-0.39, 0.29) is 11.5 Å². The van der Waals surface area contributed by atoms with Crippen LogP contribution in [-0.2, 0) is 0 Å². The number of nitro groups is 1. The number of nitrogens with zero attached hydrogens (tertiary/aromatic N) is 3. The first kappa shape index (κ1) is 15.6. The normalized spacial score (nSPS) is 14.9. The van der Waals surface area contributed by atoms with E-state index in [1.807, 2.05) is 11.0 Å². The van der Waals surface area contributed by atoms with Crippen molar-refractivity contribution in [3.05, 3.63) is 63.4 Å². The van der Waals surface area contributed by atoms with Gasteiger partial charge in [-0.25, -0.2) is 4.39 Å². The molecule has 0 bridgehead atoms. The van der Waals surface area contributed by atoms with Crippen LogP contribution in [0.15, 0.2) is 42.5 Å². The Balaban J connectivity index is 1.72. The van der Waals surface area contributed by atoms with Crippen molar-refractivity contribution in [2.45, 2.75) is 0 Å². The number of hydrogen-bond donors (Lipinski definition) is 0. The Labute approximate surface area is 138 Å². The second-order valence-corrected chi connectivity index (χ2v) is 5.73. The van der Waals surface area contributed by atoms with Crippen LogP contribution in [0.2, 0.25) is 5.02 Å².